The number of hydrogen-bond acceptors (Lipinski definition) is 2. The molecule has 0 fully saturated rings. The van der Waals surface area contributed by atoms with E-state index in [2.05, 4.69) is 192 Å². The highest BCUT2D eigenvalue weighted by Crippen LogP contribution is 2.41. The fourth-order valence-electron chi connectivity index (χ4n) is 9.14. The minimum atomic E-state index is 0.909. The summed E-state index contributed by atoms with van der Waals surface area (Å²) in [5, 5.41) is 3.73. The van der Waals surface area contributed by atoms with Crippen molar-refractivity contribution in [2.45, 2.75) is 19.8 Å². The fraction of sp³-hybridized carbons (Fsp3) is 0.0545. The highest BCUT2D eigenvalue weighted by Gasteiger charge is 2.22. The van der Waals surface area contributed by atoms with Crippen LogP contribution in [0.5, 0.6) is 0 Å². The van der Waals surface area contributed by atoms with Gasteiger partial charge in [-0.2, -0.15) is 0 Å². The molecule has 6 aromatic carbocycles. The molecule has 10 aromatic rings. The van der Waals surface area contributed by atoms with Gasteiger partial charge in [0.05, 0.1) is 33.6 Å². The van der Waals surface area contributed by atoms with Crippen LogP contribution in [0.4, 0.5) is 0 Å². The van der Waals surface area contributed by atoms with Crippen molar-refractivity contribution in [3.63, 3.8) is 0 Å². The Bertz CT molecular complexity index is 3270. The maximum Gasteiger partial charge on any atom is 0.0708 e. The predicted octanol–water partition coefficient (Wildman–Crippen LogP) is 14.1. The smallest absolute Gasteiger partial charge is 0.0708 e. The van der Waals surface area contributed by atoms with Crippen LogP contribution in [0.2, 0.25) is 0 Å². The number of para-hydroxylation sites is 1. The second-order valence-corrected chi connectivity index (χ2v) is 15.3. The van der Waals surface area contributed by atoms with Gasteiger partial charge < -0.3 is 9.13 Å². The zero-order valence-electron chi connectivity index (χ0n) is 32.8. The Hall–Kier alpha value is -7.56. The van der Waals surface area contributed by atoms with E-state index in [0.29, 0.717) is 0 Å². The number of nitrogens with zero attached hydrogens (tertiary/aromatic N) is 4. The number of fused-ring (bicyclic) bond motifs is 6. The Balaban J connectivity index is 1.07. The summed E-state index contributed by atoms with van der Waals surface area (Å²) in [4.78, 5) is 9.42. The first kappa shape index (κ1) is 34.7. The first-order valence-corrected chi connectivity index (χ1v) is 20.4. The van der Waals surface area contributed by atoms with Crippen LogP contribution in [-0.2, 0) is 6.42 Å². The van der Waals surface area contributed by atoms with E-state index in [1.807, 2.05) is 24.5 Å². The maximum atomic E-state index is 4.72. The molecule has 0 spiro atoms. The van der Waals surface area contributed by atoms with Crippen molar-refractivity contribution >= 4 is 38.8 Å². The summed E-state index contributed by atoms with van der Waals surface area (Å²) >= 11 is 0. The lowest BCUT2D eigenvalue weighted by atomic mass is 9.94. The molecule has 0 radical (unpaired) electrons. The van der Waals surface area contributed by atoms with Gasteiger partial charge in [0.25, 0.3) is 0 Å². The van der Waals surface area contributed by atoms with Gasteiger partial charge in [-0.1, -0.05) is 122 Å². The van der Waals surface area contributed by atoms with Gasteiger partial charge in [-0.25, -0.2) is 0 Å². The summed E-state index contributed by atoms with van der Waals surface area (Å²) in [5.74, 6) is 0. The van der Waals surface area contributed by atoms with Gasteiger partial charge in [-0.05, 0) is 120 Å². The minimum absolute atomic E-state index is 0.909. The average molecular weight is 757 g/mol. The van der Waals surface area contributed by atoms with Gasteiger partial charge >= 0.3 is 0 Å². The number of allylic oxidation sites excluding steroid dienone is 3. The third kappa shape index (κ3) is 5.92. The van der Waals surface area contributed by atoms with E-state index in [-0.39, 0.29) is 0 Å². The topological polar surface area (TPSA) is 35.6 Å². The molecule has 11 rings (SSSR count). The van der Waals surface area contributed by atoms with E-state index in [9.17, 15) is 0 Å². The highest BCUT2D eigenvalue weighted by atomic mass is 15.0. The van der Waals surface area contributed by atoms with Crippen LogP contribution in [0, 0.1) is 0 Å². The lowest BCUT2D eigenvalue weighted by molar-refractivity contribution is 0.999. The molecule has 4 nitrogen and oxygen atoms in total. The zero-order valence-corrected chi connectivity index (χ0v) is 32.8. The van der Waals surface area contributed by atoms with Crippen molar-refractivity contribution in [2.24, 2.45) is 0 Å². The number of pyridine rings is 2. The van der Waals surface area contributed by atoms with Crippen LogP contribution in [0.1, 0.15) is 24.6 Å². The van der Waals surface area contributed by atoms with E-state index in [4.69, 9.17) is 9.97 Å². The molecule has 4 heteroatoms. The lowest BCUT2D eigenvalue weighted by Crippen LogP contribution is -2.01. The molecule has 0 bridgehead atoms. The molecular formula is C55H40N4. The van der Waals surface area contributed by atoms with Crippen molar-refractivity contribution in [1.82, 2.24) is 19.1 Å². The molecule has 4 aromatic heterocycles. The van der Waals surface area contributed by atoms with Crippen LogP contribution < -0.4 is 0 Å². The average Bonchev–Trinajstić information content (AvgIpc) is 3.70. The van der Waals surface area contributed by atoms with Crippen LogP contribution in [0.3, 0.4) is 0 Å². The number of benzene rings is 6. The van der Waals surface area contributed by atoms with Crippen LogP contribution in [0.25, 0.3) is 94.9 Å². The molecule has 1 aliphatic rings. The third-order valence-electron chi connectivity index (χ3n) is 11.9. The number of hydrogen-bond donors (Lipinski definition) is 0. The van der Waals surface area contributed by atoms with Gasteiger partial charge in [-0.15, -0.1) is 0 Å². The Kier molecular flexibility index (Phi) is 8.48. The van der Waals surface area contributed by atoms with Gasteiger partial charge in [0.15, 0.2) is 0 Å². The van der Waals surface area contributed by atoms with E-state index in [0.717, 1.165) is 46.7 Å². The van der Waals surface area contributed by atoms with E-state index in [1.54, 1.807) is 0 Å². The van der Waals surface area contributed by atoms with Crippen molar-refractivity contribution in [1.29, 1.82) is 0 Å². The number of rotatable bonds is 7. The standard InChI is InChI=1S/C55H40N4/c1-2-37-15-13-26-53-47(33-37)49-35-39(43-19-4-6-21-45(43)51-24-10-12-32-57-51)28-30-55(49)59(53)41-17-14-16-40(36-41)58-52-25-8-7-22-46(52)48-34-38(27-29-54(48)58)42-18-3-5-20-44(42)50-23-9-11-31-56-50/h3-32,34-36H,2,33H2,1H3. The predicted molar refractivity (Wildman–Crippen MR) is 246 cm³/mol. The summed E-state index contributed by atoms with van der Waals surface area (Å²) in [7, 11) is 0. The van der Waals surface area contributed by atoms with Crippen molar-refractivity contribution in [2.75, 3.05) is 0 Å². The van der Waals surface area contributed by atoms with Crippen molar-refractivity contribution < 1.29 is 0 Å². The van der Waals surface area contributed by atoms with Gasteiger partial charge in [-0.3, -0.25) is 9.97 Å². The first-order chi connectivity index (χ1) is 29.2. The van der Waals surface area contributed by atoms with Gasteiger partial charge in [0, 0.05) is 51.1 Å². The van der Waals surface area contributed by atoms with Gasteiger partial charge in [0.1, 0.15) is 0 Å². The molecule has 0 saturated heterocycles. The summed E-state index contributed by atoms with van der Waals surface area (Å²) < 4.78 is 4.89. The van der Waals surface area contributed by atoms with E-state index >= 15 is 0 Å². The zero-order chi connectivity index (χ0) is 39.3. The fourth-order valence-corrected chi connectivity index (χ4v) is 9.14. The Morgan fingerprint density at radius 3 is 1.68 bits per heavy atom. The molecule has 0 aliphatic heterocycles. The molecule has 0 atom stereocenters. The molecule has 1 aliphatic carbocycles. The van der Waals surface area contributed by atoms with Gasteiger partial charge in [0.2, 0.25) is 0 Å². The lowest BCUT2D eigenvalue weighted by Gasteiger charge is -2.14. The maximum absolute atomic E-state index is 4.72. The second-order valence-electron chi connectivity index (χ2n) is 15.3. The summed E-state index contributed by atoms with van der Waals surface area (Å²) in [6.45, 7) is 2.26. The monoisotopic (exact) mass is 756 g/mol. The second kappa shape index (κ2) is 14.4. The first-order valence-electron chi connectivity index (χ1n) is 20.4. The van der Waals surface area contributed by atoms with E-state index < -0.39 is 0 Å². The minimum Gasteiger partial charge on any atom is -0.309 e. The summed E-state index contributed by atoms with van der Waals surface area (Å²) in [6, 6.07) is 61.1. The third-order valence-corrected chi connectivity index (χ3v) is 11.9. The molecular weight excluding hydrogens is 717 g/mol. The molecule has 59 heavy (non-hydrogen) atoms. The summed E-state index contributed by atoms with van der Waals surface area (Å²) in [5.41, 5.74) is 18.8. The molecule has 0 N–H and O–H groups in total. The largest absolute Gasteiger partial charge is 0.309 e. The Morgan fingerprint density at radius 1 is 0.475 bits per heavy atom. The molecule has 0 amide bonds. The molecule has 280 valence electrons. The quantitative estimate of drug-likeness (QED) is 0.162. The molecule has 0 unspecified atom stereocenters. The van der Waals surface area contributed by atoms with E-state index in [1.165, 1.54) is 71.8 Å². The Morgan fingerprint density at radius 2 is 1.03 bits per heavy atom. The number of aromatic nitrogens is 4. The highest BCUT2D eigenvalue weighted by molar-refractivity contribution is 6.11. The molecule has 0 saturated carbocycles. The summed E-state index contributed by atoms with van der Waals surface area (Å²) in [6.07, 6.45) is 12.5. The normalized spacial score (nSPS) is 12.5. The van der Waals surface area contributed by atoms with Crippen molar-refractivity contribution in [3.05, 3.63) is 211 Å². The van der Waals surface area contributed by atoms with Crippen LogP contribution in [-0.4, -0.2) is 19.1 Å². The van der Waals surface area contributed by atoms with Crippen LogP contribution >= 0.6 is 0 Å². The van der Waals surface area contributed by atoms with Crippen molar-refractivity contribution in [3.8, 4) is 56.1 Å². The van der Waals surface area contributed by atoms with Crippen LogP contribution in [0.15, 0.2) is 200 Å². The molecule has 4 heterocycles. The Labute approximate surface area is 343 Å². The SMILES string of the molecule is CCC1=CC=Cc2c(c3cc(-c4ccccc4-c4ccccn4)ccc3n2-c2cccc(-n3c4ccccc4c4cc(-c5ccccc5-c5ccccn5)ccc43)c2)C1.